The summed E-state index contributed by atoms with van der Waals surface area (Å²) in [4.78, 5) is 17.9. The molecule has 0 spiro atoms. The lowest BCUT2D eigenvalue weighted by Gasteiger charge is -2.36. The number of amides is 1. The summed E-state index contributed by atoms with van der Waals surface area (Å²) in [5.74, 6) is -1.85. The van der Waals surface area contributed by atoms with Gasteiger partial charge < -0.3 is 20.1 Å². The fraction of sp³-hybridized carbons (Fsp3) is 0.500. The molecule has 2 aromatic rings. The zero-order valence-electron chi connectivity index (χ0n) is 23.0. The molecule has 1 amide bonds. The van der Waals surface area contributed by atoms with E-state index in [4.69, 9.17) is 10.5 Å². The standard InChI is InChI=1S/C30H37F4N3O3/c1-20(14-21-7-9-23(31)16-25(21)32)17-37(18-24-6-5-13-36(24)19-30(35)11-3-4-12-30)28(38)22-8-10-26(40-29(33)34)27(15-22)39-2/h7-10,14-16,24,29H,3-6,11-13,17-19,35H2,1-2H3. The summed E-state index contributed by atoms with van der Waals surface area (Å²) in [6, 6.07) is 7.53. The Labute approximate surface area is 232 Å². The molecule has 40 heavy (non-hydrogen) atoms. The number of rotatable bonds is 11. The fourth-order valence-corrected chi connectivity index (χ4v) is 5.83. The van der Waals surface area contributed by atoms with Gasteiger partial charge in [-0.25, -0.2) is 8.78 Å². The zero-order chi connectivity index (χ0) is 28.9. The van der Waals surface area contributed by atoms with Crippen LogP contribution in [0.4, 0.5) is 17.6 Å². The van der Waals surface area contributed by atoms with Gasteiger partial charge in [0, 0.05) is 48.4 Å². The van der Waals surface area contributed by atoms with E-state index in [0.29, 0.717) is 12.1 Å². The van der Waals surface area contributed by atoms with Crippen LogP contribution in [0.5, 0.6) is 11.5 Å². The number of carbonyl (C=O) groups excluding carboxylic acids is 1. The molecule has 10 heteroatoms. The predicted octanol–water partition coefficient (Wildman–Crippen LogP) is 5.86. The summed E-state index contributed by atoms with van der Waals surface area (Å²) in [6.07, 6.45) is 7.70. The molecule has 6 nitrogen and oxygen atoms in total. The first-order valence-corrected chi connectivity index (χ1v) is 13.6. The average Bonchev–Trinajstić information content (AvgIpc) is 3.53. The van der Waals surface area contributed by atoms with Crippen molar-refractivity contribution in [3.8, 4) is 11.5 Å². The third-order valence-corrected chi connectivity index (χ3v) is 7.77. The molecule has 1 aliphatic carbocycles. The van der Waals surface area contributed by atoms with E-state index in [1.807, 2.05) is 0 Å². The van der Waals surface area contributed by atoms with Crippen LogP contribution in [0.25, 0.3) is 6.08 Å². The van der Waals surface area contributed by atoms with Crippen molar-refractivity contribution in [1.29, 1.82) is 0 Å². The summed E-state index contributed by atoms with van der Waals surface area (Å²) in [5, 5.41) is 0. The summed E-state index contributed by atoms with van der Waals surface area (Å²) in [5.41, 5.74) is 7.62. The smallest absolute Gasteiger partial charge is 0.387 e. The van der Waals surface area contributed by atoms with E-state index in [0.717, 1.165) is 57.7 Å². The molecule has 2 N–H and O–H groups in total. The number of ether oxygens (including phenoxy) is 2. The number of benzene rings is 2. The fourth-order valence-electron chi connectivity index (χ4n) is 5.83. The second-order valence-electron chi connectivity index (χ2n) is 10.9. The lowest BCUT2D eigenvalue weighted by molar-refractivity contribution is -0.0512. The highest BCUT2D eigenvalue weighted by Crippen LogP contribution is 2.32. The van der Waals surface area contributed by atoms with E-state index in [1.54, 1.807) is 17.9 Å². The van der Waals surface area contributed by atoms with Gasteiger partial charge in [-0.3, -0.25) is 9.69 Å². The van der Waals surface area contributed by atoms with E-state index in [9.17, 15) is 22.4 Å². The molecule has 1 aliphatic heterocycles. The van der Waals surface area contributed by atoms with Crippen LogP contribution in [0.2, 0.25) is 0 Å². The SMILES string of the molecule is COc1cc(C(=O)N(CC(C)=Cc2ccc(F)cc2F)CC2CCCN2CC2(N)CCCC2)ccc1OC(F)F. The normalized spacial score (nSPS) is 19.3. The van der Waals surface area contributed by atoms with Crippen LogP contribution < -0.4 is 15.2 Å². The highest BCUT2D eigenvalue weighted by atomic mass is 19.3. The van der Waals surface area contributed by atoms with E-state index in [2.05, 4.69) is 9.64 Å². The topological polar surface area (TPSA) is 68.0 Å². The second kappa shape index (κ2) is 13.0. The molecule has 4 rings (SSSR count). The quantitative estimate of drug-likeness (QED) is 0.347. The summed E-state index contributed by atoms with van der Waals surface area (Å²) >= 11 is 0. The molecule has 0 bridgehead atoms. The van der Waals surface area contributed by atoms with Crippen molar-refractivity contribution < 1.29 is 31.8 Å². The van der Waals surface area contributed by atoms with Crippen molar-refractivity contribution in [2.75, 3.05) is 33.3 Å². The van der Waals surface area contributed by atoms with Crippen molar-refractivity contribution in [2.45, 2.75) is 63.6 Å². The van der Waals surface area contributed by atoms with E-state index in [-0.39, 0.29) is 46.7 Å². The number of nitrogens with zero attached hydrogens (tertiary/aromatic N) is 2. The number of hydrogen-bond donors (Lipinski definition) is 1. The van der Waals surface area contributed by atoms with Gasteiger partial charge in [0.2, 0.25) is 0 Å². The zero-order valence-corrected chi connectivity index (χ0v) is 23.0. The van der Waals surface area contributed by atoms with Gasteiger partial charge in [-0.2, -0.15) is 8.78 Å². The predicted molar refractivity (Wildman–Crippen MR) is 146 cm³/mol. The van der Waals surface area contributed by atoms with Crippen molar-refractivity contribution in [3.05, 3.63) is 64.7 Å². The summed E-state index contributed by atoms with van der Waals surface area (Å²) in [6.45, 7) is 1.00. The van der Waals surface area contributed by atoms with E-state index in [1.165, 1.54) is 37.4 Å². The second-order valence-corrected chi connectivity index (χ2v) is 10.9. The molecule has 1 saturated heterocycles. The highest BCUT2D eigenvalue weighted by molar-refractivity contribution is 5.95. The Bertz CT molecular complexity index is 1220. The Hall–Kier alpha value is -3.11. The largest absolute Gasteiger partial charge is 0.493 e. The van der Waals surface area contributed by atoms with Gasteiger partial charge in [0.05, 0.1) is 7.11 Å². The Morgan fingerprint density at radius 1 is 1.15 bits per heavy atom. The molecule has 1 atom stereocenters. The van der Waals surface area contributed by atoms with Crippen LogP contribution in [0.15, 0.2) is 42.0 Å². The number of halogens is 4. The molecule has 218 valence electrons. The Balaban J connectivity index is 1.59. The summed E-state index contributed by atoms with van der Waals surface area (Å²) < 4.78 is 63.1. The first-order valence-electron chi connectivity index (χ1n) is 13.6. The third kappa shape index (κ3) is 7.54. The number of nitrogens with two attached hydrogens (primary N) is 1. The van der Waals surface area contributed by atoms with Gasteiger partial charge in [0.25, 0.3) is 5.91 Å². The lowest BCUT2D eigenvalue weighted by Crippen LogP contribution is -2.52. The number of alkyl halides is 2. The van der Waals surface area contributed by atoms with Crippen LogP contribution >= 0.6 is 0 Å². The van der Waals surface area contributed by atoms with Crippen LogP contribution in [-0.2, 0) is 0 Å². The molecule has 1 heterocycles. The van der Waals surface area contributed by atoms with Gasteiger partial charge in [0.15, 0.2) is 11.5 Å². The number of hydrogen-bond acceptors (Lipinski definition) is 5. The van der Waals surface area contributed by atoms with Gasteiger partial charge in [-0.15, -0.1) is 0 Å². The molecule has 2 aliphatic rings. The van der Waals surface area contributed by atoms with E-state index >= 15 is 0 Å². The molecule has 1 saturated carbocycles. The van der Waals surface area contributed by atoms with E-state index < -0.39 is 18.2 Å². The minimum atomic E-state index is -3.04. The lowest BCUT2D eigenvalue weighted by atomic mass is 9.98. The minimum absolute atomic E-state index is 0.0144. The molecule has 1 unspecified atom stereocenters. The first kappa shape index (κ1) is 29.9. The molecular formula is C30H37F4N3O3. The monoisotopic (exact) mass is 563 g/mol. The van der Waals surface area contributed by atoms with Crippen LogP contribution in [-0.4, -0.2) is 67.2 Å². The summed E-state index contributed by atoms with van der Waals surface area (Å²) in [7, 11) is 1.31. The molecule has 0 aromatic heterocycles. The molecule has 2 aromatic carbocycles. The van der Waals surface area contributed by atoms with Crippen LogP contribution in [0.1, 0.15) is 61.4 Å². The van der Waals surface area contributed by atoms with Crippen molar-refractivity contribution in [2.24, 2.45) is 5.73 Å². The van der Waals surface area contributed by atoms with Crippen molar-refractivity contribution in [3.63, 3.8) is 0 Å². The van der Waals surface area contributed by atoms with Crippen molar-refractivity contribution >= 4 is 12.0 Å². The number of carbonyl (C=O) groups is 1. The van der Waals surface area contributed by atoms with Gasteiger partial charge >= 0.3 is 6.61 Å². The Morgan fingerprint density at radius 3 is 2.58 bits per heavy atom. The highest BCUT2D eigenvalue weighted by Gasteiger charge is 2.36. The maximum atomic E-state index is 14.3. The maximum Gasteiger partial charge on any atom is 0.387 e. The van der Waals surface area contributed by atoms with Crippen LogP contribution in [0.3, 0.4) is 0 Å². The molecule has 2 fully saturated rings. The van der Waals surface area contributed by atoms with Crippen molar-refractivity contribution in [1.82, 2.24) is 9.80 Å². The average molecular weight is 564 g/mol. The first-order chi connectivity index (χ1) is 19.1. The Morgan fingerprint density at radius 2 is 1.90 bits per heavy atom. The molecule has 0 radical (unpaired) electrons. The van der Waals surface area contributed by atoms with Gasteiger partial charge in [-0.05, 0) is 69.5 Å². The number of likely N-dealkylation sites (tertiary alicyclic amines) is 1. The van der Waals surface area contributed by atoms with Gasteiger partial charge in [0.1, 0.15) is 11.6 Å². The number of methoxy groups -OCH3 is 1. The van der Waals surface area contributed by atoms with Gasteiger partial charge in [-0.1, -0.05) is 24.5 Å². The maximum absolute atomic E-state index is 14.3. The van der Waals surface area contributed by atoms with Crippen LogP contribution in [0, 0.1) is 11.6 Å². The molecular weight excluding hydrogens is 526 g/mol. The third-order valence-electron chi connectivity index (χ3n) is 7.77. The minimum Gasteiger partial charge on any atom is -0.493 e. The Kier molecular flexibility index (Phi) is 9.73.